The van der Waals surface area contributed by atoms with Crippen LogP contribution in [0.4, 0.5) is 0 Å². The molecule has 76 valence electrons. The molecule has 0 saturated carbocycles. The van der Waals surface area contributed by atoms with E-state index in [2.05, 4.69) is 0 Å². The Balaban J connectivity index is 2.80. The first-order valence-corrected chi connectivity index (χ1v) is 4.92. The van der Waals surface area contributed by atoms with Crippen LogP contribution >= 0.6 is 11.6 Å². The van der Waals surface area contributed by atoms with Crippen LogP contribution in [0.2, 0.25) is 5.02 Å². The van der Waals surface area contributed by atoms with Crippen LogP contribution in [0.1, 0.15) is 18.1 Å². The van der Waals surface area contributed by atoms with Gasteiger partial charge in [0.05, 0.1) is 13.0 Å². The van der Waals surface area contributed by atoms with Crippen molar-refractivity contribution in [3.63, 3.8) is 0 Å². The average molecular weight is 213 g/mol. The maximum absolute atomic E-state index is 11.2. The van der Waals surface area contributed by atoms with Crippen LogP contribution in [-0.2, 0) is 16.0 Å². The predicted octanol–water partition coefficient (Wildman–Crippen LogP) is 2.75. The Kier molecular flexibility index (Phi) is 3.96. The molecule has 1 rings (SSSR count). The van der Waals surface area contributed by atoms with Crippen molar-refractivity contribution in [3.8, 4) is 0 Å². The number of aryl methyl sites for hydroxylation is 1. The van der Waals surface area contributed by atoms with E-state index < -0.39 is 0 Å². The number of halogens is 1. The summed E-state index contributed by atoms with van der Waals surface area (Å²) in [4.78, 5) is 11.2. The topological polar surface area (TPSA) is 26.3 Å². The van der Waals surface area contributed by atoms with Crippen molar-refractivity contribution in [1.29, 1.82) is 0 Å². The van der Waals surface area contributed by atoms with E-state index in [4.69, 9.17) is 16.3 Å². The quantitative estimate of drug-likeness (QED) is 0.721. The predicted molar refractivity (Wildman–Crippen MR) is 56.5 cm³/mol. The summed E-state index contributed by atoms with van der Waals surface area (Å²) in [5.41, 5.74) is 1.87. The summed E-state index contributed by atoms with van der Waals surface area (Å²) < 4.78 is 4.86. The minimum absolute atomic E-state index is 0.233. The molecule has 0 unspecified atom stereocenters. The summed E-state index contributed by atoms with van der Waals surface area (Å²) >= 11 is 5.97. The van der Waals surface area contributed by atoms with Crippen molar-refractivity contribution in [2.24, 2.45) is 0 Å². The van der Waals surface area contributed by atoms with Gasteiger partial charge in [0, 0.05) is 5.02 Å². The van der Waals surface area contributed by atoms with Gasteiger partial charge in [-0.15, -0.1) is 0 Å². The molecule has 0 aliphatic carbocycles. The van der Waals surface area contributed by atoms with Gasteiger partial charge in [-0.05, 0) is 31.0 Å². The maximum atomic E-state index is 11.2. The van der Waals surface area contributed by atoms with E-state index in [0.717, 1.165) is 11.1 Å². The third-order valence-electron chi connectivity index (χ3n) is 1.98. The van der Waals surface area contributed by atoms with Gasteiger partial charge in [-0.25, -0.2) is 0 Å². The third kappa shape index (κ3) is 2.74. The summed E-state index contributed by atoms with van der Waals surface area (Å²) in [6.07, 6.45) is 0.249. The van der Waals surface area contributed by atoms with Crippen LogP contribution in [0, 0.1) is 6.92 Å². The molecular weight excluding hydrogens is 200 g/mol. The summed E-state index contributed by atoms with van der Waals surface area (Å²) in [6.45, 7) is 4.13. The van der Waals surface area contributed by atoms with Gasteiger partial charge >= 0.3 is 5.97 Å². The highest BCUT2D eigenvalue weighted by molar-refractivity contribution is 6.31. The number of ether oxygens (including phenoxy) is 1. The minimum Gasteiger partial charge on any atom is -0.466 e. The standard InChI is InChI=1S/C11H13ClO2/c1-3-14-11(13)7-9-8(2)5-4-6-10(9)12/h4-6H,3,7H2,1-2H3. The van der Waals surface area contributed by atoms with Crippen LogP contribution < -0.4 is 0 Å². The van der Waals surface area contributed by atoms with Crippen LogP contribution in [-0.4, -0.2) is 12.6 Å². The van der Waals surface area contributed by atoms with Gasteiger partial charge in [0.1, 0.15) is 0 Å². The van der Waals surface area contributed by atoms with E-state index in [1.165, 1.54) is 0 Å². The lowest BCUT2D eigenvalue weighted by Crippen LogP contribution is -2.08. The Hall–Kier alpha value is -1.02. The summed E-state index contributed by atoms with van der Waals surface area (Å²) in [6, 6.07) is 5.58. The molecule has 0 atom stereocenters. The summed E-state index contributed by atoms with van der Waals surface area (Å²) in [7, 11) is 0. The fourth-order valence-corrected chi connectivity index (χ4v) is 1.54. The Morgan fingerprint density at radius 3 is 2.79 bits per heavy atom. The molecule has 3 heteroatoms. The summed E-state index contributed by atoms with van der Waals surface area (Å²) in [5.74, 6) is -0.233. The van der Waals surface area contributed by atoms with E-state index in [-0.39, 0.29) is 12.4 Å². The zero-order chi connectivity index (χ0) is 10.6. The van der Waals surface area contributed by atoms with Gasteiger partial charge in [0.25, 0.3) is 0 Å². The zero-order valence-corrected chi connectivity index (χ0v) is 9.10. The number of carbonyl (C=O) groups is 1. The van der Waals surface area contributed by atoms with Crippen molar-refractivity contribution in [2.75, 3.05) is 6.61 Å². The normalized spacial score (nSPS) is 9.93. The van der Waals surface area contributed by atoms with Crippen molar-refractivity contribution in [1.82, 2.24) is 0 Å². The molecule has 0 fully saturated rings. The van der Waals surface area contributed by atoms with Crippen molar-refractivity contribution >= 4 is 17.6 Å². The second kappa shape index (κ2) is 5.01. The molecule has 0 aliphatic rings. The minimum atomic E-state index is -0.233. The van der Waals surface area contributed by atoms with Gasteiger partial charge < -0.3 is 4.74 Å². The average Bonchev–Trinajstić information content (AvgIpc) is 2.12. The number of hydrogen-bond acceptors (Lipinski definition) is 2. The second-order valence-electron chi connectivity index (χ2n) is 3.02. The molecule has 0 heterocycles. The molecule has 2 nitrogen and oxygen atoms in total. The lowest BCUT2D eigenvalue weighted by Gasteiger charge is -2.07. The molecule has 0 amide bonds. The van der Waals surface area contributed by atoms with Crippen molar-refractivity contribution in [2.45, 2.75) is 20.3 Å². The number of hydrogen-bond donors (Lipinski definition) is 0. The van der Waals surface area contributed by atoms with E-state index in [0.29, 0.717) is 11.6 Å². The summed E-state index contributed by atoms with van der Waals surface area (Å²) in [5, 5.41) is 0.623. The number of carbonyl (C=O) groups excluding carboxylic acids is 1. The molecule has 0 bridgehead atoms. The molecule has 0 aromatic heterocycles. The van der Waals surface area contributed by atoms with Gasteiger partial charge in [-0.3, -0.25) is 4.79 Å². The Bertz CT molecular complexity index is 314. The molecule has 0 saturated heterocycles. The Morgan fingerprint density at radius 2 is 2.21 bits per heavy atom. The van der Waals surface area contributed by atoms with Crippen LogP contribution in [0.5, 0.6) is 0 Å². The second-order valence-corrected chi connectivity index (χ2v) is 3.42. The van der Waals surface area contributed by atoms with Crippen molar-refractivity contribution < 1.29 is 9.53 Å². The van der Waals surface area contributed by atoms with Gasteiger partial charge in [-0.2, -0.15) is 0 Å². The number of benzene rings is 1. The van der Waals surface area contributed by atoms with E-state index in [1.807, 2.05) is 19.1 Å². The molecule has 14 heavy (non-hydrogen) atoms. The number of rotatable bonds is 3. The SMILES string of the molecule is CCOC(=O)Cc1c(C)cccc1Cl. The fourth-order valence-electron chi connectivity index (χ4n) is 1.25. The van der Waals surface area contributed by atoms with E-state index in [9.17, 15) is 4.79 Å². The maximum Gasteiger partial charge on any atom is 0.310 e. The first-order valence-electron chi connectivity index (χ1n) is 4.54. The lowest BCUT2D eigenvalue weighted by atomic mass is 10.1. The molecular formula is C11H13ClO2. The fraction of sp³-hybridized carbons (Fsp3) is 0.364. The van der Waals surface area contributed by atoms with Gasteiger partial charge in [0.2, 0.25) is 0 Å². The highest BCUT2D eigenvalue weighted by atomic mass is 35.5. The lowest BCUT2D eigenvalue weighted by molar-refractivity contribution is -0.142. The Labute approximate surface area is 88.8 Å². The zero-order valence-electron chi connectivity index (χ0n) is 8.34. The smallest absolute Gasteiger partial charge is 0.310 e. The molecule has 0 radical (unpaired) electrons. The molecule has 1 aromatic rings. The number of esters is 1. The van der Waals surface area contributed by atoms with E-state index in [1.54, 1.807) is 13.0 Å². The highest BCUT2D eigenvalue weighted by Gasteiger charge is 2.09. The van der Waals surface area contributed by atoms with E-state index >= 15 is 0 Å². The Morgan fingerprint density at radius 1 is 1.50 bits per heavy atom. The monoisotopic (exact) mass is 212 g/mol. The first kappa shape index (κ1) is 11.1. The molecule has 0 N–H and O–H groups in total. The molecule has 0 spiro atoms. The van der Waals surface area contributed by atoms with Crippen molar-refractivity contribution in [3.05, 3.63) is 34.3 Å². The van der Waals surface area contributed by atoms with Crippen LogP contribution in [0.3, 0.4) is 0 Å². The van der Waals surface area contributed by atoms with Crippen LogP contribution in [0.15, 0.2) is 18.2 Å². The highest BCUT2D eigenvalue weighted by Crippen LogP contribution is 2.20. The molecule has 1 aromatic carbocycles. The van der Waals surface area contributed by atoms with Gasteiger partial charge in [-0.1, -0.05) is 23.7 Å². The largest absolute Gasteiger partial charge is 0.466 e. The molecule has 0 aliphatic heterocycles. The first-order chi connectivity index (χ1) is 6.65. The van der Waals surface area contributed by atoms with Gasteiger partial charge in [0.15, 0.2) is 0 Å². The van der Waals surface area contributed by atoms with Crippen LogP contribution in [0.25, 0.3) is 0 Å². The third-order valence-corrected chi connectivity index (χ3v) is 2.33.